The molecule has 0 aliphatic rings. The third-order valence-corrected chi connectivity index (χ3v) is 10.7. The van der Waals surface area contributed by atoms with E-state index in [1.165, 1.54) is 96.3 Å². The summed E-state index contributed by atoms with van der Waals surface area (Å²) in [6.07, 6.45) is 43.9. The van der Waals surface area contributed by atoms with Crippen LogP contribution in [0, 0.1) is 0 Å². The van der Waals surface area contributed by atoms with Gasteiger partial charge in [0.1, 0.15) is 12.7 Å². The number of unbranched alkanes of at least 4 members (excludes halogenated alkanes) is 23. The fraction of sp³-hybridized carbons (Fsp3) is 0.826. The first-order chi connectivity index (χ1) is 27.7. The summed E-state index contributed by atoms with van der Waals surface area (Å²) in [4.78, 5) is 35.0. The van der Waals surface area contributed by atoms with Crippen molar-refractivity contribution in [2.24, 2.45) is 0 Å². The lowest BCUT2D eigenvalue weighted by Crippen LogP contribution is -2.29. The molecule has 0 aromatic heterocycles. The molecular formula is C46H85O10P. The molecule has 0 fully saturated rings. The number of hydrogen-bond acceptors (Lipinski definition) is 9. The van der Waals surface area contributed by atoms with Crippen LogP contribution in [0.15, 0.2) is 36.5 Å². The summed E-state index contributed by atoms with van der Waals surface area (Å²) in [5.74, 6) is -0.933. The number of aliphatic hydroxyl groups excluding tert-OH is 2. The summed E-state index contributed by atoms with van der Waals surface area (Å²) in [6.45, 7) is 2.36. The zero-order valence-corrected chi connectivity index (χ0v) is 37.2. The van der Waals surface area contributed by atoms with Crippen molar-refractivity contribution in [1.82, 2.24) is 0 Å². The maximum absolute atomic E-state index is 12.6. The molecule has 0 radical (unpaired) electrons. The third-order valence-electron chi connectivity index (χ3n) is 9.80. The molecule has 0 saturated carbocycles. The van der Waals surface area contributed by atoms with Crippen molar-refractivity contribution >= 4 is 19.8 Å². The van der Waals surface area contributed by atoms with Crippen LogP contribution in [0.5, 0.6) is 0 Å². The van der Waals surface area contributed by atoms with Crippen LogP contribution in [0.25, 0.3) is 0 Å². The third kappa shape index (κ3) is 42.1. The Kier molecular flexibility index (Phi) is 41.0. The summed E-state index contributed by atoms with van der Waals surface area (Å²) >= 11 is 0. The Morgan fingerprint density at radius 3 is 1.40 bits per heavy atom. The molecule has 0 aliphatic heterocycles. The van der Waals surface area contributed by atoms with Crippen LogP contribution >= 0.6 is 7.82 Å². The normalized spacial score (nSPS) is 14.1. The van der Waals surface area contributed by atoms with Gasteiger partial charge in [-0.1, -0.05) is 179 Å². The Balaban J connectivity index is 4.28. The first kappa shape index (κ1) is 55.2. The average Bonchev–Trinajstić information content (AvgIpc) is 3.20. The Bertz CT molecular complexity index is 1050. The number of carbonyl (C=O) groups is 2. The molecule has 0 amide bonds. The second kappa shape index (κ2) is 42.3. The summed E-state index contributed by atoms with van der Waals surface area (Å²) in [5, 5.41) is 18.3. The number of aliphatic hydroxyl groups is 2. The molecule has 3 unspecified atom stereocenters. The fourth-order valence-corrected chi connectivity index (χ4v) is 7.03. The summed E-state index contributed by atoms with van der Waals surface area (Å²) in [6, 6.07) is 0. The smallest absolute Gasteiger partial charge is 0.462 e. The van der Waals surface area contributed by atoms with Crippen LogP contribution < -0.4 is 0 Å². The molecule has 0 rings (SSSR count). The SMILES string of the molecule is CCCCC/C=C\C/C=C\C/C=C\CCCCCCCCC(=O)OC(COC(=O)CCCCCCCCCCCCCCCCC)COP(=O)(O)OCC(O)CO. The van der Waals surface area contributed by atoms with Gasteiger partial charge in [-0.3, -0.25) is 18.6 Å². The van der Waals surface area contributed by atoms with Gasteiger partial charge in [0.2, 0.25) is 0 Å². The van der Waals surface area contributed by atoms with Gasteiger partial charge in [-0.2, -0.15) is 0 Å². The van der Waals surface area contributed by atoms with Crippen molar-refractivity contribution in [2.45, 2.75) is 219 Å². The van der Waals surface area contributed by atoms with Crippen molar-refractivity contribution in [3.8, 4) is 0 Å². The number of hydrogen-bond donors (Lipinski definition) is 3. The van der Waals surface area contributed by atoms with Crippen LogP contribution in [-0.2, 0) is 32.7 Å². The van der Waals surface area contributed by atoms with Crippen LogP contribution in [0.2, 0.25) is 0 Å². The molecule has 10 nitrogen and oxygen atoms in total. The fourth-order valence-electron chi connectivity index (χ4n) is 6.24. The molecule has 3 N–H and O–H groups in total. The maximum atomic E-state index is 12.6. The summed E-state index contributed by atoms with van der Waals surface area (Å²) in [7, 11) is -4.62. The number of esters is 2. The Morgan fingerprint density at radius 2 is 0.912 bits per heavy atom. The molecule has 0 bridgehead atoms. The van der Waals surface area contributed by atoms with Gasteiger partial charge >= 0.3 is 19.8 Å². The highest BCUT2D eigenvalue weighted by Gasteiger charge is 2.27. The van der Waals surface area contributed by atoms with Gasteiger partial charge in [0.05, 0.1) is 19.8 Å². The molecule has 0 saturated heterocycles. The average molecular weight is 829 g/mol. The molecule has 3 atom stereocenters. The zero-order chi connectivity index (χ0) is 41.9. The second-order valence-corrected chi connectivity index (χ2v) is 16.9. The van der Waals surface area contributed by atoms with Gasteiger partial charge in [0, 0.05) is 12.8 Å². The number of phosphoric acid groups is 1. The number of carbonyl (C=O) groups excluding carboxylic acids is 2. The van der Waals surface area contributed by atoms with Gasteiger partial charge in [0.25, 0.3) is 0 Å². The van der Waals surface area contributed by atoms with E-state index in [1.54, 1.807) is 0 Å². The Labute approximate surface area is 348 Å². The van der Waals surface area contributed by atoms with Crippen molar-refractivity contribution in [2.75, 3.05) is 26.4 Å². The van der Waals surface area contributed by atoms with E-state index < -0.39 is 51.8 Å². The summed E-state index contributed by atoms with van der Waals surface area (Å²) in [5.41, 5.74) is 0. The van der Waals surface area contributed by atoms with Crippen molar-refractivity contribution in [3.05, 3.63) is 36.5 Å². The Morgan fingerprint density at radius 1 is 0.526 bits per heavy atom. The lowest BCUT2D eigenvalue weighted by Gasteiger charge is -2.20. The van der Waals surface area contributed by atoms with Crippen molar-refractivity contribution in [1.29, 1.82) is 0 Å². The van der Waals surface area contributed by atoms with Gasteiger partial charge in [-0.05, 0) is 51.4 Å². The molecule has 57 heavy (non-hydrogen) atoms. The molecular weight excluding hydrogens is 743 g/mol. The van der Waals surface area contributed by atoms with E-state index in [2.05, 4.69) is 50.3 Å². The molecule has 0 aliphatic carbocycles. The van der Waals surface area contributed by atoms with E-state index in [-0.39, 0.29) is 19.4 Å². The lowest BCUT2D eigenvalue weighted by atomic mass is 10.0. The van der Waals surface area contributed by atoms with E-state index in [4.69, 9.17) is 23.6 Å². The monoisotopic (exact) mass is 829 g/mol. The molecule has 0 aromatic carbocycles. The van der Waals surface area contributed by atoms with Gasteiger partial charge in [0.15, 0.2) is 6.10 Å². The first-order valence-corrected chi connectivity index (χ1v) is 24.4. The van der Waals surface area contributed by atoms with Gasteiger partial charge in [-0.25, -0.2) is 4.57 Å². The van der Waals surface area contributed by atoms with Crippen LogP contribution in [-0.4, -0.2) is 65.7 Å². The predicted molar refractivity (Wildman–Crippen MR) is 233 cm³/mol. The molecule has 0 heterocycles. The second-order valence-electron chi connectivity index (χ2n) is 15.4. The topological polar surface area (TPSA) is 149 Å². The molecule has 0 spiro atoms. The Hall–Kier alpha value is -1.81. The van der Waals surface area contributed by atoms with Crippen molar-refractivity contribution < 1.29 is 47.8 Å². The predicted octanol–water partition coefficient (Wildman–Crippen LogP) is 12.3. The molecule has 11 heteroatoms. The van der Waals surface area contributed by atoms with E-state index in [0.717, 1.165) is 70.6 Å². The summed E-state index contributed by atoms with van der Waals surface area (Å²) < 4.78 is 32.8. The van der Waals surface area contributed by atoms with Crippen LogP contribution in [0.3, 0.4) is 0 Å². The number of phosphoric ester groups is 1. The number of rotatable bonds is 43. The minimum atomic E-state index is -4.62. The highest BCUT2D eigenvalue weighted by Crippen LogP contribution is 2.43. The van der Waals surface area contributed by atoms with Crippen LogP contribution in [0.4, 0.5) is 0 Å². The standard InChI is InChI=1S/C46H85O10P/c1-3-5-7-9-11-13-15-17-19-20-21-22-24-26-28-30-32-34-36-38-46(50)56-44(42-55-57(51,52)54-40-43(48)39-47)41-53-45(49)37-35-33-31-29-27-25-23-18-16-14-12-10-8-6-4-2/h11,13,17,19,21-22,43-44,47-48H,3-10,12,14-16,18,20,23-42H2,1-2H3,(H,51,52)/b13-11-,19-17-,22-21-. The largest absolute Gasteiger partial charge is 0.472 e. The molecule has 334 valence electrons. The van der Waals surface area contributed by atoms with E-state index in [9.17, 15) is 24.2 Å². The highest BCUT2D eigenvalue weighted by atomic mass is 31.2. The van der Waals surface area contributed by atoms with Gasteiger partial charge < -0.3 is 24.6 Å². The van der Waals surface area contributed by atoms with Gasteiger partial charge in [-0.15, -0.1) is 0 Å². The van der Waals surface area contributed by atoms with E-state index in [0.29, 0.717) is 12.8 Å². The van der Waals surface area contributed by atoms with Crippen molar-refractivity contribution in [3.63, 3.8) is 0 Å². The first-order valence-electron chi connectivity index (χ1n) is 22.9. The zero-order valence-electron chi connectivity index (χ0n) is 36.3. The van der Waals surface area contributed by atoms with Crippen LogP contribution in [0.1, 0.15) is 206 Å². The van der Waals surface area contributed by atoms with E-state index in [1.807, 2.05) is 0 Å². The number of allylic oxidation sites excluding steroid dienone is 6. The minimum absolute atomic E-state index is 0.171. The maximum Gasteiger partial charge on any atom is 0.472 e. The quantitative estimate of drug-likeness (QED) is 0.0235. The number of ether oxygens (including phenoxy) is 2. The van der Waals surface area contributed by atoms with E-state index >= 15 is 0 Å². The minimum Gasteiger partial charge on any atom is -0.462 e. The molecule has 0 aromatic rings. The highest BCUT2D eigenvalue weighted by molar-refractivity contribution is 7.47. The lowest BCUT2D eigenvalue weighted by molar-refractivity contribution is -0.161.